The number of rotatable bonds is 4. The van der Waals surface area contributed by atoms with E-state index in [1.165, 1.54) is 6.33 Å². The molecule has 1 atom stereocenters. The van der Waals surface area contributed by atoms with Crippen molar-refractivity contribution in [2.75, 3.05) is 11.4 Å². The zero-order valence-corrected chi connectivity index (χ0v) is 14.9. The Kier molecular flexibility index (Phi) is 3.92. The standard InChI is InChI=1S/C18H20N8O/c27-18-7-13-3-1-5-15(13)23-25(18)10-14-4-2-6-24(14)16-8-19-9-17(22-16)26-12-20-11-21-26/h7-9,11-12,14H,1-6,10H2. The third-order valence-corrected chi connectivity index (χ3v) is 5.34. The molecule has 2 aliphatic rings. The smallest absolute Gasteiger partial charge is 0.267 e. The Morgan fingerprint density at radius 2 is 2.04 bits per heavy atom. The first-order valence-corrected chi connectivity index (χ1v) is 9.31. The highest BCUT2D eigenvalue weighted by atomic mass is 16.1. The van der Waals surface area contributed by atoms with Gasteiger partial charge in [0.25, 0.3) is 5.56 Å². The van der Waals surface area contributed by atoms with Gasteiger partial charge in [0.1, 0.15) is 18.5 Å². The summed E-state index contributed by atoms with van der Waals surface area (Å²) in [6.45, 7) is 1.46. The second kappa shape index (κ2) is 6.57. The first-order valence-electron chi connectivity index (χ1n) is 9.31. The van der Waals surface area contributed by atoms with Gasteiger partial charge in [0.15, 0.2) is 5.82 Å². The summed E-state index contributed by atoms with van der Waals surface area (Å²) < 4.78 is 3.22. The van der Waals surface area contributed by atoms with Crippen LogP contribution in [0.15, 0.2) is 35.9 Å². The van der Waals surface area contributed by atoms with Crippen LogP contribution >= 0.6 is 0 Å². The van der Waals surface area contributed by atoms with Crippen molar-refractivity contribution in [3.05, 3.63) is 52.7 Å². The van der Waals surface area contributed by atoms with E-state index in [0.717, 1.165) is 55.7 Å². The molecule has 0 bridgehead atoms. The van der Waals surface area contributed by atoms with Crippen molar-refractivity contribution in [3.8, 4) is 5.82 Å². The fourth-order valence-electron chi connectivity index (χ4n) is 4.02. The Morgan fingerprint density at radius 1 is 1.11 bits per heavy atom. The summed E-state index contributed by atoms with van der Waals surface area (Å²) in [5, 5.41) is 8.74. The topological polar surface area (TPSA) is 94.6 Å². The van der Waals surface area contributed by atoms with Crippen molar-refractivity contribution < 1.29 is 0 Å². The van der Waals surface area contributed by atoms with E-state index in [9.17, 15) is 4.79 Å². The average Bonchev–Trinajstić information content (AvgIpc) is 3.44. The maximum absolute atomic E-state index is 12.5. The number of aryl methyl sites for hydroxylation is 2. The first kappa shape index (κ1) is 16.1. The summed E-state index contributed by atoms with van der Waals surface area (Å²) >= 11 is 0. The van der Waals surface area contributed by atoms with E-state index < -0.39 is 0 Å². The van der Waals surface area contributed by atoms with Gasteiger partial charge in [-0.1, -0.05) is 0 Å². The number of anilines is 1. The molecular weight excluding hydrogens is 344 g/mol. The van der Waals surface area contributed by atoms with Crippen LogP contribution in [0, 0.1) is 0 Å². The van der Waals surface area contributed by atoms with Gasteiger partial charge in [-0.05, 0) is 37.7 Å². The fourth-order valence-corrected chi connectivity index (χ4v) is 4.02. The van der Waals surface area contributed by atoms with Gasteiger partial charge in [0.05, 0.1) is 30.7 Å². The van der Waals surface area contributed by atoms with E-state index in [1.807, 2.05) is 0 Å². The Hall–Kier alpha value is -3.10. The molecule has 3 aromatic heterocycles. The maximum Gasteiger partial charge on any atom is 0.267 e. The van der Waals surface area contributed by atoms with Gasteiger partial charge in [-0.2, -0.15) is 10.2 Å². The highest BCUT2D eigenvalue weighted by Gasteiger charge is 2.28. The van der Waals surface area contributed by atoms with Crippen LogP contribution in [-0.2, 0) is 19.4 Å². The molecular formula is C18H20N8O. The van der Waals surface area contributed by atoms with E-state index in [0.29, 0.717) is 12.4 Å². The molecule has 1 unspecified atom stereocenters. The molecule has 0 aromatic carbocycles. The van der Waals surface area contributed by atoms with Crippen LogP contribution < -0.4 is 10.5 Å². The Bertz CT molecular complexity index is 1010. The van der Waals surface area contributed by atoms with Gasteiger partial charge in [-0.25, -0.2) is 19.3 Å². The minimum atomic E-state index is -0.00931. The fraction of sp³-hybridized carbons (Fsp3) is 0.444. The van der Waals surface area contributed by atoms with Crippen LogP contribution in [0.1, 0.15) is 30.5 Å². The van der Waals surface area contributed by atoms with Gasteiger partial charge >= 0.3 is 0 Å². The summed E-state index contributed by atoms with van der Waals surface area (Å²) in [6.07, 6.45) is 11.6. The Balaban J connectivity index is 1.42. The zero-order chi connectivity index (χ0) is 18.2. The number of nitrogens with zero attached hydrogens (tertiary/aromatic N) is 8. The quantitative estimate of drug-likeness (QED) is 0.675. The van der Waals surface area contributed by atoms with E-state index in [4.69, 9.17) is 0 Å². The van der Waals surface area contributed by atoms with Crippen LogP contribution in [0.25, 0.3) is 5.82 Å². The van der Waals surface area contributed by atoms with Gasteiger partial charge in [0.2, 0.25) is 0 Å². The molecule has 3 aromatic rings. The molecule has 1 fully saturated rings. The van der Waals surface area contributed by atoms with Crippen molar-refractivity contribution in [1.82, 2.24) is 34.5 Å². The number of aromatic nitrogens is 7. The second-order valence-corrected chi connectivity index (χ2v) is 7.06. The summed E-state index contributed by atoms with van der Waals surface area (Å²) in [4.78, 5) is 27.6. The molecule has 1 saturated heterocycles. The lowest BCUT2D eigenvalue weighted by atomic mass is 10.2. The Morgan fingerprint density at radius 3 is 2.93 bits per heavy atom. The lowest BCUT2D eigenvalue weighted by Crippen LogP contribution is -2.38. The third kappa shape index (κ3) is 2.98. The molecule has 0 radical (unpaired) electrons. The van der Waals surface area contributed by atoms with Crippen LogP contribution in [0.3, 0.4) is 0 Å². The normalized spacial score (nSPS) is 18.8. The van der Waals surface area contributed by atoms with E-state index in [1.54, 1.807) is 34.2 Å². The van der Waals surface area contributed by atoms with Crippen molar-refractivity contribution >= 4 is 5.82 Å². The lowest BCUT2D eigenvalue weighted by Gasteiger charge is -2.26. The van der Waals surface area contributed by atoms with Gasteiger partial charge < -0.3 is 4.90 Å². The minimum absolute atomic E-state index is 0.00931. The zero-order valence-electron chi connectivity index (χ0n) is 14.9. The summed E-state index contributed by atoms with van der Waals surface area (Å²) in [5.74, 6) is 1.42. The van der Waals surface area contributed by atoms with Gasteiger partial charge in [-0.3, -0.25) is 9.78 Å². The molecule has 0 amide bonds. The minimum Gasteiger partial charge on any atom is -0.350 e. The largest absolute Gasteiger partial charge is 0.350 e. The SMILES string of the molecule is O=c1cc2c(nn1CC1CCCN1c1cncc(-n3cncn3)n1)CCC2. The van der Waals surface area contributed by atoms with Crippen LogP contribution in [0.5, 0.6) is 0 Å². The van der Waals surface area contributed by atoms with E-state index in [2.05, 4.69) is 30.0 Å². The average molecular weight is 364 g/mol. The number of fused-ring (bicyclic) bond motifs is 1. The molecule has 1 aliphatic carbocycles. The molecule has 138 valence electrons. The highest BCUT2D eigenvalue weighted by molar-refractivity contribution is 5.41. The number of hydrogen-bond acceptors (Lipinski definition) is 7. The second-order valence-electron chi connectivity index (χ2n) is 7.06. The van der Waals surface area contributed by atoms with Crippen LogP contribution in [-0.4, -0.2) is 47.1 Å². The monoisotopic (exact) mass is 364 g/mol. The highest BCUT2D eigenvalue weighted by Crippen LogP contribution is 2.25. The molecule has 0 spiro atoms. The summed E-state index contributed by atoms with van der Waals surface area (Å²) in [7, 11) is 0. The predicted molar refractivity (Wildman–Crippen MR) is 97.8 cm³/mol. The molecule has 1 aliphatic heterocycles. The number of hydrogen-bond donors (Lipinski definition) is 0. The third-order valence-electron chi connectivity index (χ3n) is 5.34. The molecule has 0 saturated carbocycles. The van der Waals surface area contributed by atoms with Crippen molar-refractivity contribution in [2.24, 2.45) is 0 Å². The van der Waals surface area contributed by atoms with Gasteiger partial charge in [-0.15, -0.1) is 0 Å². The molecule has 4 heterocycles. The van der Waals surface area contributed by atoms with E-state index >= 15 is 0 Å². The summed E-state index contributed by atoms with van der Waals surface area (Å²) in [5.41, 5.74) is 2.18. The van der Waals surface area contributed by atoms with E-state index in [-0.39, 0.29) is 11.6 Å². The molecule has 9 nitrogen and oxygen atoms in total. The van der Waals surface area contributed by atoms with Crippen LogP contribution in [0.4, 0.5) is 5.82 Å². The molecule has 5 rings (SSSR count). The molecule has 0 N–H and O–H groups in total. The predicted octanol–water partition coefficient (Wildman–Crippen LogP) is 0.772. The first-order chi connectivity index (χ1) is 13.3. The maximum atomic E-state index is 12.5. The Labute approximate surface area is 155 Å². The van der Waals surface area contributed by atoms with Crippen molar-refractivity contribution in [2.45, 2.75) is 44.7 Å². The van der Waals surface area contributed by atoms with Crippen LogP contribution in [0.2, 0.25) is 0 Å². The van der Waals surface area contributed by atoms with Gasteiger partial charge in [0, 0.05) is 12.6 Å². The molecule has 9 heteroatoms. The van der Waals surface area contributed by atoms with Crippen molar-refractivity contribution in [3.63, 3.8) is 0 Å². The van der Waals surface area contributed by atoms with Crippen molar-refractivity contribution in [1.29, 1.82) is 0 Å². The lowest BCUT2D eigenvalue weighted by molar-refractivity contribution is 0.481. The molecule has 27 heavy (non-hydrogen) atoms. The summed E-state index contributed by atoms with van der Waals surface area (Å²) in [6, 6.07) is 1.94.